The van der Waals surface area contributed by atoms with Crippen molar-refractivity contribution in [1.29, 1.82) is 0 Å². The first-order valence-corrected chi connectivity index (χ1v) is 15.0. The quantitative estimate of drug-likeness (QED) is 0.145. The maximum absolute atomic E-state index is 3.66. The highest BCUT2D eigenvalue weighted by Gasteiger charge is 2.08. The van der Waals surface area contributed by atoms with E-state index < -0.39 is 0 Å². The zero-order valence-electron chi connectivity index (χ0n) is 21.3. The molecule has 0 aromatic heterocycles. The SMILES string of the molecule is Brc1cc2cc3cc4cc5cc6cc7cc8cc9ccccc9cc8cc7cc6cc5cc4cc3cc2cc1Br. The molecule has 9 aromatic rings. The van der Waals surface area contributed by atoms with Crippen molar-refractivity contribution in [1.82, 2.24) is 0 Å². The van der Waals surface area contributed by atoms with Gasteiger partial charge in [-0.2, -0.15) is 0 Å². The standard InChI is InChI=1S/C38H20Br2/c39-37-19-35-17-33-15-31-13-29-11-27-9-25-7-23-5-21-3-1-2-4-22(21)6-24(23)8-26(25)10-28(27)12-30(29)14-32(31)16-34(33)18-36(35)20-38(37)40/h1-20H. The van der Waals surface area contributed by atoms with Crippen LogP contribution in [0.3, 0.4) is 0 Å². The third-order valence-electron chi connectivity index (χ3n) is 8.48. The Kier molecular flexibility index (Phi) is 4.71. The number of fused-ring (bicyclic) bond motifs is 8. The third-order valence-corrected chi connectivity index (χ3v) is 10.3. The van der Waals surface area contributed by atoms with Crippen LogP contribution in [0.2, 0.25) is 0 Å². The first-order valence-electron chi connectivity index (χ1n) is 13.4. The van der Waals surface area contributed by atoms with E-state index in [-0.39, 0.29) is 0 Å². The predicted octanol–water partition coefficient (Wildman–Crippen LogP) is 12.4. The van der Waals surface area contributed by atoms with Crippen LogP contribution >= 0.6 is 31.9 Å². The van der Waals surface area contributed by atoms with Gasteiger partial charge in [-0.1, -0.05) is 24.3 Å². The van der Waals surface area contributed by atoms with Crippen molar-refractivity contribution in [2.24, 2.45) is 0 Å². The van der Waals surface area contributed by atoms with Crippen molar-refractivity contribution in [2.75, 3.05) is 0 Å². The van der Waals surface area contributed by atoms with E-state index in [0.29, 0.717) is 0 Å². The zero-order chi connectivity index (χ0) is 26.5. The molecule has 0 amide bonds. The summed E-state index contributed by atoms with van der Waals surface area (Å²) in [5.74, 6) is 0. The molecule has 0 fully saturated rings. The predicted molar refractivity (Wildman–Crippen MR) is 182 cm³/mol. The van der Waals surface area contributed by atoms with Crippen LogP contribution in [0.15, 0.2) is 130 Å². The fourth-order valence-electron chi connectivity index (χ4n) is 6.45. The number of hydrogen-bond donors (Lipinski definition) is 0. The van der Waals surface area contributed by atoms with E-state index in [9.17, 15) is 0 Å². The van der Waals surface area contributed by atoms with E-state index in [1.54, 1.807) is 0 Å². The summed E-state index contributed by atoms with van der Waals surface area (Å²) in [5, 5.41) is 20.4. The van der Waals surface area contributed by atoms with Gasteiger partial charge in [-0.15, -0.1) is 0 Å². The molecule has 0 aliphatic heterocycles. The molecule has 0 aliphatic rings. The molecule has 9 aromatic carbocycles. The van der Waals surface area contributed by atoms with E-state index in [1.807, 2.05) is 0 Å². The van der Waals surface area contributed by atoms with E-state index >= 15 is 0 Å². The molecule has 0 atom stereocenters. The first-order chi connectivity index (χ1) is 19.5. The van der Waals surface area contributed by atoms with Crippen molar-refractivity contribution >= 4 is 118 Å². The summed E-state index contributed by atoms with van der Waals surface area (Å²) in [6.45, 7) is 0. The monoisotopic (exact) mass is 634 g/mol. The van der Waals surface area contributed by atoms with Crippen molar-refractivity contribution < 1.29 is 0 Å². The molecular weight excluding hydrogens is 616 g/mol. The average Bonchev–Trinajstić information content (AvgIpc) is 2.94. The summed E-state index contributed by atoms with van der Waals surface area (Å²) >= 11 is 7.31. The molecule has 0 saturated carbocycles. The maximum atomic E-state index is 3.66. The van der Waals surface area contributed by atoms with Gasteiger partial charge in [0.05, 0.1) is 0 Å². The Balaban J connectivity index is 1.26. The van der Waals surface area contributed by atoms with E-state index in [2.05, 4.69) is 153 Å². The van der Waals surface area contributed by atoms with Gasteiger partial charge in [0.1, 0.15) is 0 Å². The molecule has 2 heteroatoms. The lowest BCUT2D eigenvalue weighted by atomic mass is 9.94. The minimum atomic E-state index is 1.08. The second-order valence-corrected chi connectivity index (χ2v) is 12.7. The second-order valence-electron chi connectivity index (χ2n) is 11.0. The first kappa shape index (κ1) is 22.8. The molecule has 0 heterocycles. The van der Waals surface area contributed by atoms with Crippen LogP contribution in [0.4, 0.5) is 0 Å². The van der Waals surface area contributed by atoms with Crippen molar-refractivity contribution in [3.8, 4) is 0 Å². The highest BCUT2D eigenvalue weighted by atomic mass is 79.9. The molecule has 0 spiro atoms. The molecular formula is C38H20Br2. The normalized spacial score (nSPS) is 12.2. The smallest absolute Gasteiger partial charge is 0.0323 e. The minimum absolute atomic E-state index is 1.08. The van der Waals surface area contributed by atoms with Gasteiger partial charge in [0, 0.05) is 8.95 Å². The fourth-order valence-corrected chi connectivity index (χ4v) is 7.17. The van der Waals surface area contributed by atoms with Gasteiger partial charge in [0.15, 0.2) is 0 Å². The van der Waals surface area contributed by atoms with Crippen molar-refractivity contribution in [3.05, 3.63) is 130 Å². The average molecular weight is 636 g/mol. The molecule has 0 N–H and O–H groups in total. The number of rotatable bonds is 0. The van der Waals surface area contributed by atoms with Gasteiger partial charge in [0.2, 0.25) is 0 Å². The Morgan fingerprint density at radius 1 is 0.225 bits per heavy atom. The van der Waals surface area contributed by atoms with Gasteiger partial charge in [-0.25, -0.2) is 0 Å². The molecule has 0 aliphatic carbocycles. The Morgan fingerprint density at radius 3 is 0.625 bits per heavy atom. The fraction of sp³-hybridized carbons (Fsp3) is 0. The van der Waals surface area contributed by atoms with Crippen LogP contribution < -0.4 is 0 Å². The molecule has 0 nitrogen and oxygen atoms in total. The van der Waals surface area contributed by atoms with Crippen LogP contribution in [-0.2, 0) is 0 Å². The van der Waals surface area contributed by atoms with E-state index in [1.165, 1.54) is 86.2 Å². The lowest BCUT2D eigenvalue weighted by Crippen LogP contribution is -1.83. The Morgan fingerprint density at radius 2 is 0.400 bits per heavy atom. The Hall–Kier alpha value is -3.98. The summed E-state index contributed by atoms with van der Waals surface area (Å²) in [5.41, 5.74) is 0. The number of hydrogen-bond acceptors (Lipinski definition) is 0. The largest absolute Gasteiger partial charge is 0.0616 e. The molecule has 0 saturated heterocycles. The molecule has 0 bridgehead atoms. The lowest BCUT2D eigenvalue weighted by Gasteiger charge is -2.10. The van der Waals surface area contributed by atoms with Crippen LogP contribution in [0.1, 0.15) is 0 Å². The van der Waals surface area contributed by atoms with E-state index in [0.717, 1.165) is 8.95 Å². The van der Waals surface area contributed by atoms with Crippen LogP contribution in [0.5, 0.6) is 0 Å². The number of halogens is 2. The third kappa shape index (κ3) is 3.49. The Labute approximate surface area is 247 Å². The maximum Gasteiger partial charge on any atom is 0.0323 e. The molecule has 9 rings (SSSR count). The molecule has 0 radical (unpaired) electrons. The molecule has 0 unspecified atom stereocenters. The highest BCUT2D eigenvalue weighted by molar-refractivity contribution is 9.13. The minimum Gasteiger partial charge on any atom is -0.0616 e. The highest BCUT2D eigenvalue weighted by Crippen LogP contribution is 2.36. The van der Waals surface area contributed by atoms with Gasteiger partial charge in [0.25, 0.3) is 0 Å². The Bertz CT molecular complexity index is 2380. The zero-order valence-corrected chi connectivity index (χ0v) is 24.5. The number of benzene rings is 9. The van der Waals surface area contributed by atoms with Gasteiger partial charge < -0.3 is 0 Å². The second kappa shape index (κ2) is 8.27. The van der Waals surface area contributed by atoms with Crippen LogP contribution in [0, 0.1) is 0 Å². The summed E-state index contributed by atoms with van der Waals surface area (Å²) in [7, 11) is 0. The van der Waals surface area contributed by atoms with Crippen molar-refractivity contribution in [2.45, 2.75) is 0 Å². The summed E-state index contributed by atoms with van der Waals surface area (Å²) in [6.07, 6.45) is 0. The topological polar surface area (TPSA) is 0 Å². The summed E-state index contributed by atoms with van der Waals surface area (Å²) in [4.78, 5) is 0. The summed E-state index contributed by atoms with van der Waals surface area (Å²) < 4.78 is 2.15. The van der Waals surface area contributed by atoms with Crippen LogP contribution in [-0.4, -0.2) is 0 Å². The van der Waals surface area contributed by atoms with Crippen LogP contribution in [0.25, 0.3) is 86.2 Å². The lowest BCUT2D eigenvalue weighted by molar-refractivity contribution is 1.66. The van der Waals surface area contributed by atoms with E-state index in [4.69, 9.17) is 0 Å². The molecule has 40 heavy (non-hydrogen) atoms. The van der Waals surface area contributed by atoms with Gasteiger partial charge in [-0.05, 0) is 215 Å². The van der Waals surface area contributed by atoms with Gasteiger partial charge >= 0.3 is 0 Å². The summed E-state index contributed by atoms with van der Waals surface area (Å²) in [6, 6.07) is 45.7. The molecule has 186 valence electrons. The van der Waals surface area contributed by atoms with Crippen molar-refractivity contribution in [3.63, 3.8) is 0 Å². The van der Waals surface area contributed by atoms with Gasteiger partial charge in [-0.3, -0.25) is 0 Å².